The zero-order valence-electron chi connectivity index (χ0n) is 8.05. The summed E-state index contributed by atoms with van der Waals surface area (Å²) in [6.45, 7) is 7.11. The van der Waals surface area contributed by atoms with Crippen LogP contribution in [0.15, 0.2) is 0 Å². The molecular weight excluding hydrogens is 152 g/mol. The van der Waals surface area contributed by atoms with Gasteiger partial charge in [-0.1, -0.05) is 13.8 Å². The first-order valence-corrected chi connectivity index (χ1v) is 4.63. The van der Waals surface area contributed by atoms with Gasteiger partial charge < -0.3 is 10.6 Å². The van der Waals surface area contributed by atoms with Crippen molar-refractivity contribution in [1.82, 2.24) is 10.6 Å². The molecule has 1 amide bonds. The highest BCUT2D eigenvalue weighted by Crippen LogP contribution is 2.07. The van der Waals surface area contributed by atoms with Gasteiger partial charge in [-0.05, 0) is 19.3 Å². The van der Waals surface area contributed by atoms with Crippen LogP contribution in [0.25, 0.3) is 0 Å². The van der Waals surface area contributed by atoms with Crippen molar-refractivity contribution in [2.75, 3.05) is 6.54 Å². The van der Waals surface area contributed by atoms with Gasteiger partial charge in [0.05, 0.1) is 6.04 Å². The zero-order valence-corrected chi connectivity index (χ0v) is 8.05. The third kappa shape index (κ3) is 2.48. The van der Waals surface area contributed by atoms with Crippen molar-refractivity contribution < 1.29 is 4.79 Å². The second-order valence-electron chi connectivity index (χ2n) is 4.00. The van der Waals surface area contributed by atoms with Gasteiger partial charge in [-0.15, -0.1) is 0 Å². The molecule has 1 fully saturated rings. The van der Waals surface area contributed by atoms with Crippen LogP contribution in [0.2, 0.25) is 0 Å². The molecular formula is C9H18N2O. The smallest absolute Gasteiger partial charge is 0.237 e. The lowest BCUT2D eigenvalue weighted by Gasteiger charge is -2.29. The molecule has 1 rings (SSSR count). The second-order valence-corrected chi connectivity index (χ2v) is 4.00. The summed E-state index contributed by atoms with van der Waals surface area (Å²) < 4.78 is 0. The van der Waals surface area contributed by atoms with Crippen LogP contribution in [-0.4, -0.2) is 24.5 Å². The fourth-order valence-corrected chi connectivity index (χ4v) is 1.50. The van der Waals surface area contributed by atoms with E-state index in [0.717, 1.165) is 13.0 Å². The minimum absolute atomic E-state index is 0.0220. The van der Waals surface area contributed by atoms with Crippen molar-refractivity contribution in [2.45, 2.75) is 39.3 Å². The number of rotatable bonds is 2. The van der Waals surface area contributed by atoms with Crippen LogP contribution in [0.4, 0.5) is 0 Å². The molecule has 1 saturated heterocycles. The number of hydrogen-bond donors (Lipinski definition) is 2. The predicted octanol–water partition coefficient (Wildman–Crippen LogP) is 0.509. The highest BCUT2D eigenvalue weighted by atomic mass is 16.2. The standard InChI is InChI=1S/C9H18N2O/c1-6(2)4-8-9(12)10-5-7(3)11-8/h6-8,11H,4-5H2,1-3H3,(H,10,12). The van der Waals surface area contributed by atoms with Crippen molar-refractivity contribution in [3.8, 4) is 0 Å². The third-order valence-corrected chi connectivity index (χ3v) is 2.09. The maximum absolute atomic E-state index is 11.3. The maximum atomic E-state index is 11.3. The van der Waals surface area contributed by atoms with Crippen molar-refractivity contribution in [3.05, 3.63) is 0 Å². The molecule has 0 saturated carbocycles. The molecule has 3 heteroatoms. The van der Waals surface area contributed by atoms with Gasteiger partial charge in [-0.2, -0.15) is 0 Å². The SMILES string of the molecule is CC(C)CC1NC(C)CNC1=O. The van der Waals surface area contributed by atoms with E-state index in [1.807, 2.05) is 0 Å². The summed E-state index contributed by atoms with van der Waals surface area (Å²) in [7, 11) is 0. The Bertz CT molecular complexity index is 166. The average Bonchev–Trinajstić information content (AvgIpc) is 1.96. The van der Waals surface area contributed by atoms with E-state index in [1.165, 1.54) is 0 Å². The van der Waals surface area contributed by atoms with Crippen LogP contribution in [0.1, 0.15) is 27.2 Å². The monoisotopic (exact) mass is 170 g/mol. The molecule has 2 N–H and O–H groups in total. The number of carbonyl (C=O) groups is 1. The Morgan fingerprint density at radius 3 is 2.83 bits per heavy atom. The van der Waals surface area contributed by atoms with Crippen molar-refractivity contribution in [1.29, 1.82) is 0 Å². The molecule has 12 heavy (non-hydrogen) atoms. The van der Waals surface area contributed by atoms with Crippen molar-refractivity contribution >= 4 is 5.91 Å². The van der Waals surface area contributed by atoms with E-state index in [1.54, 1.807) is 0 Å². The van der Waals surface area contributed by atoms with E-state index in [4.69, 9.17) is 0 Å². The molecule has 0 bridgehead atoms. The summed E-state index contributed by atoms with van der Waals surface area (Å²) in [6, 6.07) is 0.431. The molecule has 1 aliphatic heterocycles. The molecule has 0 aromatic rings. The quantitative estimate of drug-likeness (QED) is 0.634. The van der Waals surface area contributed by atoms with Gasteiger partial charge in [0, 0.05) is 12.6 Å². The van der Waals surface area contributed by atoms with Crippen LogP contribution in [0, 0.1) is 5.92 Å². The fraction of sp³-hybridized carbons (Fsp3) is 0.889. The predicted molar refractivity (Wildman–Crippen MR) is 48.9 cm³/mol. The van der Waals surface area contributed by atoms with E-state index in [9.17, 15) is 4.79 Å². The Kier molecular flexibility index (Phi) is 3.09. The Morgan fingerprint density at radius 2 is 2.25 bits per heavy atom. The number of piperazine rings is 1. The van der Waals surface area contributed by atoms with Gasteiger partial charge in [0.1, 0.15) is 0 Å². The number of carbonyl (C=O) groups excluding carboxylic acids is 1. The summed E-state index contributed by atoms with van der Waals surface area (Å²) in [5.74, 6) is 0.723. The van der Waals surface area contributed by atoms with Gasteiger partial charge in [0.25, 0.3) is 0 Å². The Morgan fingerprint density at radius 1 is 1.58 bits per heavy atom. The summed E-state index contributed by atoms with van der Waals surface area (Å²) in [6.07, 6.45) is 0.927. The molecule has 0 radical (unpaired) electrons. The van der Waals surface area contributed by atoms with E-state index in [2.05, 4.69) is 31.4 Å². The molecule has 3 nitrogen and oxygen atoms in total. The number of hydrogen-bond acceptors (Lipinski definition) is 2. The largest absolute Gasteiger partial charge is 0.353 e. The summed E-state index contributed by atoms with van der Waals surface area (Å²) in [4.78, 5) is 11.3. The average molecular weight is 170 g/mol. The Balaban J connectivity index is 2.43. The Labute approximate surface area is 73.9 Å². The molecule has 0 spiro atoms. The van der Waals surface area contributed by atoms with Crippen molar-refractivity contribution in [2.24, 2.45) is 5.92 Å². The number of amides is 1. The van der Waals surface area contributed by atoms with E-state index in [0.29, 0.717) is 12.0 Å². The van der Waals surface area contributed by atoms with Crippen LogP contribution in [-0.2, 0) is 4.79 Å². The summed E-state index contributed by atoms with van der Waals surface area (Å²) in [5.41, 5.74) is 0. The molecule has 1 heterocycles. The van der Waals surface area contributed by atoms with Crippen LogP contribution in [0.5, 0.6) is 0 Å². The lowest BCUT2D eigenvalue weighted by molar-refractivity contribution is -0.125. The first-order chi connectivity index (χ1) is 5.59. The normalized spacial score (nSPS) is 30.5. The maximum Gasteiger partial charge on any atom is 0.237 e. The van der Waals surface area contributed by atoms with Crippen LogP contribution < -0.4 is 10.6 Å². The van der Waals surface area contributed by atoms with E-state index < -0.39 is 0 Å². The molecule has 1 aliphatic rings. The van der Waals surface area contributed by atoms with Crippen LogP contribution in [0.3, 0.4) is 0 Å². The van der Waals surface area contributed by atoms with Gasteiger partial charge >= 0.3 is 0 Å². The molecule has 0 aliphatic carbocycles. The molecule has 0 aromatic carbocycles. The van der Waals surface area contributed by atoms with E-state index in [-0.39, 0.29) is 11.9 Å². The van der Waals surface area contributed by atoms with E-state index >= 15 is 0 Å². The fourth-order valence-electron chi connectivity index (χ4n) is 1.50. The first kappa shape index (κ1) is 9.52. The van der Waals surface area contributed by atoms with Gasteiger partial charge in [0.2, 0.25) is 5.91 Å². The molecule has 2 atom stereocenters. The zero-order chi connectivity index (χ0) is 9.14. The van der Waals surface area contributed by atoms with Gasteiger partial charge in [-0.25, -0.2) is 0 Å². The molecule has 2 unspecified atom stereocenters. The Hall–Kier alpha value is -0.570. The molecule has 0 aromatic heterocycles. The minimum Gasteiger partial charge on any atom is -0.353 e. The topological polar surface area (TPSA) is 41.1 Å². The second kappa shape index (κ2) is 3.90. The van der Waals surface area contributed by atoms with Crippen LogP contribution >= 0.6 is 0 Å². The summed E-state index contributed by atoms with van der Waals surface area (Å²) in [5, 5.41) is 6.17. The lowest BCUT2D eigenvalue weighted by atomic mass is 10.0. The highest BCUT2D eigenvalue weighted by molar-refractivity contribution is 5.82. The molecule has 70 valence electrons. The van der Waals surface area contributed by atoms with Gasteiger partial charge in [0.15, 0.2) is 0 Å². The minimum atomic E-state index is 0.0220. The highest BCUT2D eigenvalue weighted by Gasteiger charge is 2.25. The van der Waals surface area contributed by atoms with Gasteiger partial charge in [-0.3, -0.25) is 4.79 Å². The number of nitrogens with one attached hydrogen (secondary N) is 2. The first-order valence-electron chi connectivity index (χ1n) is 4.63. The lowest BCUT2D eigenvalue weighted by Crippen LogP contribution is -2.57. The third-order valence-electron chi connectivity index (χ3n) is 2.09. The summed E-state index contributed by atoms with van der Waals surface area (Å²) >= 11 is 0. The van der Waals surface area contributed by atoms with Crippen molar-refractivity contribution in [3.63, 3.8) is 0 Å².